The van der Waals surface area contributed by atoms with Crippen LogP contribution in [0.4, 0.5) is 5.69 Å². The second-order valence-electron chi connectivity index (χ2n) is 3.66. The minimum Gasteiger partial charge on any atom is -0.351 e. The summed E-state index contributed by atoms with van der Waals surface area (Å²) in [6.07, 6.45) is 0.575. The standard InChI is InChI=1S/C11H15N3O3/c1-2-10(12)11(15)13-7-8-3-5-9(6-4-8)14(16)17/h3-6,10H,2,7,12H2,1H3,(H,13,15)/t10-/m1/s1. The van der Waals surface area contributed by atoms with Crippen LogP contribution in [0.15, 0.2) is 24.3 Å². The van der Waals surface area contributed by atoms with Gasteiger partial charge in [-0.2, -0.15) is 0 Å². The Kier molecular flexibility index (Phi) is 4.59. The first-order chi connectivity index (χ1) is 8.04. The Hall–Kier alpha value is -1.95. The van der Waals surface area contributed by atoms with Crippen LogP contribution in [0.25, 0.3) is 0 Å². The van der Waals surface area contributed by atoms with Crippen molar-refractivity contribution < 1.29 is 9.72 Å². The van der Waals surface area contributed by atoms with E-state index < -0.39 is 11.0 Å². The van der Waals surface area contributed by atoms with E-state index in [0.717, 1.165) is 5.56 Å². The van der Waals surface area contributed by atoms with Crippen molar-refractivity contribution in [2.45, 2.75) is 25.9 Å². The lowest BCUT2D eigenvalue weighted by atomic mass is 10.2. The number of nitro groups is 1. The van der Waals surface area contributed by atoms with Gasteiger partial charge in [-0.25, -0.2) is 0 Å². The molecule has 0 aliphatic heterocycles. The van der Waals surface area contributed by atoms with Crippen LogP contribution in [-0.4, -0.2) is 16.9 Å². The van der Waals surface area contributed by atoms with E-state index in [-0.39, 0.29) is 11.6 Å². The minimum atomic E-state index is -0.506. The van der Waals surface area contributed by atoms with Crippen molar-refractivity contribution >= 4 is 11.6 Å². The van der Waals surface area contributed by atoms with Gasteiger partial charge >= 0.3 is 0 Å². The molecule has 1 amide bonds. The van der Waals surface area contributed by atoms with Crippen LogP contribution in [0.3, 0.4) is 0 Å². The maximum Gasteiger partial charge on any atom is 0.269 e. The Morgan fingerprint density at radius 2 is 2.06 bits per heavy atom. The van der Waals surface area contributed by atoms with E-state index in [4.69, 9.17) is 5.73 Å². The molecule has 0 aromatic heterocycles. The van der Waals surface area contributed by atoms with Crippen LogP contribution in [0.2, 0.25) is 0 Å². The van der Waals surface area contributed by atoms with Crippen LogP contribution in [0.5, 0.6) is 0 Å². The predicted octanol–water partition coefficient (Wildman–Crippen LogP) is 0.948. The first-order valence-electron chi connectivity index (χ1n) is 5.31. The summed E-state index contributed by atoms with van der Waals surface area (Å²) < 4.78 is 0. The molecule has 17 heavy (non-hydrogen) atoms. The van der Waals surface area contributed by atoms with Crippen LogP contribution in [0, 0.1) is 10.1 Å². The Bertz CT molecular complexity index is 403. The van der Waals surface area contributed by atoms with E-state index in [0.29, 0.717) is 13.0 Å². The molecule has 0 radical (unpaired) electrons. The van der Waals surface area contributed by atoms with Crippen molar-refractivity contribution in [2.24, 2.45) is 5.73 Å². The lowest BCUT2D eigenvalue weighted by molar-refractivity contribution is -0.384. The van der Waals surface area contributed by atoms with E-state index in [1.54, 1.807) is 12.1 Å². The van der Waals surface area contributed by atoms with E-state index in [9.17, 15) is 14.9 Å². The van der Waals surface area contributed by atoms with Gasteiger partial charge < -0.3 is 11.1 Å². The van der Waals surface area contributed by atoms with Crippen molar-refractivity contribution in [3.63, 3.8) is 0 Å². The van der Waals surface area contributed by atoms with Crippen LogP contribution in [-0.2, 0) is 11.3 Å². The zero-order valence-electron chi connectivity index (χ0n) is 9.55. The molecular formula is C11H15N3O3. The number of nitro benzene ring substituents is 1. The second-order valence-corrected chi connectivity index (χ2v) is 3.66. The second kappa shape index (κ2) is 5.95. The molecule has 0 bridgehead atoms. The average molecular weight is 237 g/mol. The first kappa shape index (κ1) is 13.1. The molecular weight excluding hydrogens is 222 g/mol. The zero-order chi connectivity index (χ0) is 12.8. The van der Waals surface area contributed by atoms with Crippen molar-refractivity contribution in [2.75, 3.05) is 0 Å². The smallest absolute Gasteiger partial charge is 0.269 e. The number of carbonyl (C=O) groups is 1. The van der Waals surface area contributed by atoms with E-state index in [2.05, 4.69) is 5.32 Å². The molecule has 6 heteroatoms. The van der Waals surface area contributed by atoms with Gasteiger partial charge in [-0.15, -0.1) is 0 Å². The molecule has 1 atom stereocenters. The maximum atomic E-state index is 11.4. The number of carbonyl (C=O) groups excluding carboxylic acids is 1. The SMILES string of the molecule is CC[C@@H](N)C(=O)NCc1ccc([N+](=O)[O-])cc1. The Morgan fingerprint density at radius 1 is 1.47 bits per heavy atom. The molecule has 1 aromatic rings. The fourth-order valence-electron chi connectivity index (χ4n) is 1.24. The van der Waals surface area contributed by atoms with Gasteiger partial charge in [0.15, 0.2) is 0 Å². The van der Waals surface area contributed by atoms with E-state index in [1.807, 2.05) is 6.92 Å². The highest BCUT2D eigenvalue weighted by atomic mass is 16.6. The minimum absolute atomic E-state index is 0.0327. The third-order valence-corrected chi connectivity index (χ3v) is 2.39. The molecule has 0 aliphatic carbocycles. The normalized spacial score (nSPS) is 11.9. The Balaban J connectivity index is 2.53. The summed E-state index contributed by atoms with van der Waals surface area (Å²) in [4.78, 5) is 21.3. The first-order valence-corrected chi connectivity index (χ1v) is 5.31. The summed E-state index contributed by atoms with van der Waals surface area (Å²) in [5.41, 5.74) is 6.37. The summed E-state index contributed by atoms with van der Waals surface area (Å²) in [6.45, 7) is 2.15. The number of non-ortho nitro benzene ring substituents is 1. The summed E-state index contributed by atoms with van der Waals surface area (Å²) in [7, 11) is 0. The van der Waals surface area contributed by atoms with Crippen LogP contribution < -0.4 is 11.1 Å². The highest BCUT2D eigenvalue weighted by Crippen LogP contribution is 2.11. The molecule has 6 nitrogen and oxygen atoms in total. The third-order valence-electron chi connectivity index (χ3n) is 2.39. The summed E-state index contributed by atoms with van der Waals surface area (Å²) in [5, 5.41) is 13.1. The Morgan fingerprint density at radius 3 is 2.53 bits per heavy atom. The zero-order valence-corrected chi connectivity index (χ0v) is 9.55. The summed E-state index contributed by atoms with van der Waals surface area (Å²) in [6, 6.07) is 5.52. The monoisotopic (exact) mass is 237 g/mol. The van der Waals surface area contributed by atoms with Gasteiger partial charge in [0.25, 0.3) is 5.69 Å². The number of nitrogens with two attached hydrogens (primary N) is 1. The molecule has 0 saturated heterocycles. The maximum absolute atomic E-state index is 11.4. The van der Waals surface area contributed by atoms with Gasteiger partial charge in [-0.1, -0.05) is 19.1 Å². The molecule has 1 rings (SSSR count). The molecule has 0 saturated carbocycles. The predicted molar refractivity (Wildman–Crippen MR) is 63.2 cm³/mol. The van der Waals surface area contributed by atoms with Gasteiger partial charge in [-0.3, -0.25) is 14.9 Å². The molecule has 0 fully saturated rings. The summed E-state index contributed by atoms with van der Waals surface area (Å²) >= 11 is 0. The Labute approximate surface area is 99.0 Å². The van der Waals surface area contributed by atoms with Crippen molar-refractivity contribution in [3.8, 4) is 0 Å². The lowest BCUT2D eigenvalue weighted by Gasteiger charge is -2.09. The van der Waals surface area contributed by atoms with Crippen molar-refractivity contribution in [1.82, 2.24) is 5.32 Å². The van der Waals surface area contributed by atoms with Crippen molar-refractivity contribution in [3.05, 3.63) is 39.9 Å². The van der Waals surface area contributed by atoms with Crippen LogP contribution in [0.1, 0.15) is 18.9 Å². The fraction of sp³-hybridized carbons (Fsp3) is 0.364. The number of nitrogens with one attached hydrogen (secondary N) is 1. The molecule has 3 N–H and O–H groups in total. The molecule has 0 spiro atoms. The quantitative estimate of drug-likeness (QED) is 0.588. The average Bonchev–Trinajstić information content (AvgIpc) is 2.35. The third kappa shape index (κ3) is 3.84. The number of rotatable bonds is 5. The van der Waals surface area contributed by atoms with Gasteiger partial charge in [0.2, 0.25) is 5.91 Å². The van der Waals surface area contributed by atoms with E-state index >= 15 is 0 Å². The molecule has 0 heterocycles. The highest BCUT2D eigenvalue weighted by molar-refractivity contribution is 5.81. The number of nitrogens with zero attached hydrogens (tertiary/aromatic N) is 1. The van der Waals surface area contributed by atoms with Gasteiger partial charge in [0.05, 0.1) is 11.0 Å². The highest BCUT2D eigenvalue weighted by Gasteiger charge is 2.10. The lowest BCUT2D eigenvalue weighted by Crippen LogP contribution is -2.39. The number of hydrogen-bond donors (Lipinski definition) is 2. The molecule has 1 aromatic carbocycles. The van der Waals surface area contributed by atoms with Gasteiger partial charge in [0, 0.05) is 18.7 Å². The van der Waals surface area contributed by atoms with Gasteiger partial charge in [-0.05, 0) is 12.0 Å². The number of benzene rings is 1. The summed E-state index contributed by atoms with van der Waals surface area (Å²) in [5.74, 6) is -0.217. The van der Waals surface area contributed by atoms with Crippen molar-refractivity contribution in [1.29, 1.82) is 0 Å². The number of hydrogen-bond acceptors (Lipinski definition) is 4. The van der Waals surface area contributed by atoms with Gasteiger partial charge in [0.1, 0.15) is 0 Å². The van der Waals surface area contributed by atoms with E-state index in [1.165, 1.54) is 12.1 Å². The molecule has 92 valence electrons. The molecule has 0 unspecified atom stereocenters. The van der Waals surface area contributed by atoms with Crippen LogP contribution >= 0.6 is 0 Å². The topological polar surface area (TPSA) is 98.3 Å². The molecule has 0 aliphatic rings. The largest absolute Gasteiger partial charge is 0.351 e. The number of amides is 1. The fourth-order valence-corrected chi connectivity index (χ4v) is 1.24.